The molecule has 150 valence electrons. The van der Waals surface area contributed by atoms with E-state index in [2.05, 4.69) is 6.58 Å². The van der Waals surface area contributed by atoms with E-state index in [-0.39, 0.29) is 17.4 Å². The van der Waals surface area contributed by atoms with Gasteiger partial charge in [0.05, 0.1) is 13.0 Å². The molecular formula is C23H22ClNO4. The van der Waals surface area contributed by atoms with Crippen LogP contribution in [0.2, 0.25) is 5.02 Å². The standard InChI is InChI=1S/C23H22ClNO4/c1-14(2)23(22(27)29-20(25-23)17-8-6-5-7-9-17)19(15(3)21(26)28-4)16-10-12-18(24)13-11-16/h5-14,19H,3H2,1-2,4H3/t19-,23-/m0/s1. The predicted molar refractivity (Wildman–Crippen MR) is 112 cm³/mol. The molecule has 0 spiro atoms. The molecule has 2 aromatic rings. The van der Waals surface area contributed by atoms with Gasteiger partial charge in [-0.05, 0) is 35.7 Å². The van der Waals surface area contributed by atoms with Crippen LogP contribution in [0.5, 0.6) is 0 Å². The first-order valence-corrected chi connectivity index (χ1v) is 9.59. The molecule has 3 rings (SSSR count). The van der Waals surface area contributed by atoms with Gasteiger partial charge in [-0.2, -0.15) is 0 Å². The van der Waals surface area contributed by atoms with Crippen molar-refractivity contribution >= 4 is 29.4 Å². The van der Waals surface area contributed by atoms with E-state index in [1.807, 2.05) is 44.2 Å². The van der Waals surface area contributed by atoms with Crippen LogP contribution >= 0.6 is 11.6 Å². The summed E-state index contributed by atoms with van der Waals surface area (Å²) in [6.07, 6.45) is 0. The van der Waals surface area contributed by atoms with Crippen LogP contribution in [-0.4, -0.2) is 30.5 Å². The number of carbonyl (C=O) groups excluding carboxylic acids is 2. The second-order valence-electron chi connectivity index (χ2n) is 7.15. The van der Waals surface area contributed by atoms with Crippen LogP contribution in [0.1, 0.15) is 30.9 Å². The van der Waals surface area contributed by atoms with E-state index in [1.54, 1.807) is 24.3 Å². The minimum Gasteiger partial charge on any atom is -0.466 e. The maximum atomic E-state index is 13.3. The lowest BCUT2D eigenvalue weighted by Crippen LogP contribution is -2.47. The van der Waals surface area contributed by atoms with Gasteiger partial charge >= 0.3 is 11.9 Å². The van der Waals surface area contributed by atoms with Gasteiger partial charge in [-0.25, -0.2) is 14.6 Å². The number of nitrogens with zero attached hydrogens (tertiary/aromatic N) is 1. The Morgan fingerprint density at radius 1 is 1.14 bits per heavy atom. The van der Waals surface area contributed by atoms with Crippen molar-refractivity contribution in [1.82, 2.24) is 0 Å². The Morgan fingerprint density at radius 2 is 1.76 bits per heavy atom. The average molecular weight is 412 g/mol. The fourth-order valence-electron chi connectivity index (χ4n) is 3.62. The molecular weight excluding hydrogens is 390 g/mol. The predicted octanol–water partition coefficient (Wildman–Crippen LogP) is 4.55. The summed E-state index contributed by atoms with van der Waals surface area (Å²) in [5, 5.41) is 0.539. The highest BCUT2D eigenvalue weighted by Gasteiger charge is 2.56. The average Bonchev–Trinajstić information content (AvgIpc) is 3.07. The molecule has 5 nitrogen and oxygen atoms in total. The maximum absolute atomic E-state index is 13.3. The van der Waals surface area contributed by atoms with E-state index in [1.165, 1.54) is 7.11 Å². The van der Waals surface area contributed by atoms with Gasteiger partial charge in [0.1, 0.15) is 0 Å². The normalized spacial score (nSPS) is 19.5. The lowest BCUT2D eigenvalue weighted by atomic mass is 9.69. The zero-order chi connectivity index (χ0) is 21.2. The van der Waals surface area contributed by atoms with Crippen molar-refractivity contribution < 1.29 is 19.1 Å². The van der Waals surface area contributed by atoms with E-state index < -0.39 is 23.4 Å². The third-order valence-electron chi connectivity index (χ3n) is 5.14. The van der Waals surface area contributed by atoms with E-state index in [0.29, 0.717) is 16.1 Å². The fourth-order valence-corrected chi connectivity index (χ4v) is 3.74. The van der Waals surface area contributed by atoms with Crippen molar-refractivity contribution in [2.45, 2.75) is 25.3 Å². The molecule has 0 unspecified atom stereocenters. The Bertz CT molecular complexity index is 966. The third kappa shape index (κ3) is 3.70. The summed E-state index contributed by atoms with van der Waals surface area (Å²) in [4.78, 5) is 30.4. The zero-order valence-corrected chi connectivity index (χ0v) is 17.3. The molecule has 0 radical (unpaired) electrons. The lowest BCUT2D eigenvalue weighted by molar-refractivity contribution is -0.142. The molecule has 0 bridgehead atoms. The van der Waals surface area contributed by atoms with Gasteiger partial charge in [0.2, 0.25) is 5.90 Å². The number of rotatable bonds is 6. The van der Waals surface area contributed by atoms with E-state index in [0.717, 1.165) is 0 Å². The lowest BCUT2D eigenvalue weighted by Gasteiger charge is -2.35. The van der Waals surface area contributed by atoms with Crippen LogP contribution in [0.4, 0.5) is 0 Å². The number of esters is 2. The molecule has 0 saturated carbocycles. The van der Waals surface area contributed by atoms with Crippen molar-refractivity contribution in [3.63, 3.8) is 0 Å². The van der Waals surface area contributed by atoms with Crippen LogP contribution in [0.25, 0.3) is 0 Å². The molecule has 0 aliphatic carbocycles. The molecule has 0 fully saturated rings. The number of carbonyl (C=O) groups is 2. The highest BCUT2D eigenvalue weighted by atomic mass is 35.5. The third-order valence-corrected chi connectivity index (χ3v) is 5.40. The summed E-state index contributed by atoms with van der Waals surface area (Å²) < 4.78 is 10.5. The van der Waals surface area contributed by atoms with Gasteiger partial charge in [0.15, 0.2) is 5.54 Å². The highest BCUT2D eigenvalue weighted by molar-refractivity contribution is 6.30. The number of aliphatic imine (C=N–C) groups is 1. The summed E-state index contributed by atoms with van der Waals surface area (Å²) in [5.74, 6) is -1.99. The van der Waals surface area contributed by atoms with Crippen LogP contribution in [-0.2, 0) is 19.1 Å². The van der Waals surface area contributed by atoms with Crippen LogP contribution in [0, 0.1) is 5.92 Å². The number of benzene rings is 2. The van der Waals surface area contributed by atoms with Crippen LogP contribution < -0.4 is 0 Å². The van der Waals surface area contributed by atoms with Crippen molar-refractivity contribution in [1.29, 1.82) is 0 Å². The largest absolute Gasteiger partial charge is 0.466 e. The number of hydrogen-bond acceptors (Lipinski definition) is 5. The molecule has 2 atom stereocenters. The monoisotopic (exact) mass is 411 g/mol. The highest BCUT2D eigenvalue weighted by Crippen LogP contribution is 2.46. The molecule has 1 aliphatic rings. The molecule has 2 aromatic carbocycles. The summed E-state index contributed by atoms with van der Waals surface area (Å²) in [7, 11) is 1.28. The molecule has 0 amide bonds. The maximum Gasteiger partial charge on any atom is 0.342 e. The fraction of sp³-hybridized carbons (Fsp3) is 0.261. The topological polar surface area (TPSA) is 65.0 Å². The first-order valence-electron chi connectivity index (χ1n) is 9.21. The SMILES string of the molecule is C=C(C(=O)OC)[C@@H](c1ccc(Cl)cc1)[C@]1(C(C)C)N=C(c2ccccc2)OC1=O. The Kier molecular flexibility index (Phi) is 5.89. The van der Waals surface area contributed by atoms with Gasteiger partial charge in [-0.1, -0.05) is 62.4 Å². The van der Waals surface area contributed by atoms with Gasteiger partial charge in [0.25, 0.3) is 0 Å². The molecule has 0 saturated heterocycles. The van der Waals surface area contributed by atoms with Crippen LogP contribution in [0.15, 0.2) is 71.7 Å². The van der Waals surface area contributed by atoms with Gasteiger partial charge in [0, 0.05) is 16.2 Å². The Hall–Kier alpha value is -2.92. The summed E-state index contributed by atoms with van der Waals surface area (Å²) in [6, 6.07) is 16.1. The molecule has 1 heterocycles. The second kappa shape index (κ2) is 8.21. The Balaban J connectivity index is 2.22. The number of methoxy groups -OCH3 is 1. The Labute approximate surface area is 175 Å². The summed E-state index contributed by atoms with van der Waals surface area (Å²) >= 11 is 6.04. The first kappa shape index (κ1) is 20.8. The van der Waals surface area contributed by atoms with Crippen molar-refractivity contribution in [2.75, 3.05) is 7.11 Å². The minimum atomic E-state index is -1.37. The second-order valence-corrected chi connectivity index (χ2v) is 7.59. The molecule has 1 aliphatic heterocycles. The van der Waals surface area contributed by atoms with Crippen molar-refractivity contribution in [2.24, 2.45) is 10.9 Å². The number of ether oxygens (including phenoxy) is 2. The number of halogens is 1. The first-order chi connectivity index (χ1) is 13.8. The van der Waals surface area contributed by atoms with Gasteiger partial charge < -0.3 is 9.47 Å². The molecule has 0 N–H and O–H groups in total. The van der Waals surface area contributed by atoms with Gasteiger partial charge in [-0.15, -0.1) is 0 Å². The summed E-state index contributed by atoms with van der Waals surface area (Å²) in [6.45, 7) is 7.68. The quantitative estimate of drug-likeness (QED) is 0.516. The van der Waals surface area contributed by atoms with E-state index in [4.69, 9.17) is 26.1 Å². The van der Waals surface area contributed by atoms with Crippen molar-refractivity contribution in [3.05, 3.63) is 82.9 Å². The molecule has 29 heavy (non-hydrogen) atoms. The summed E-state index contributed by atoms with van der Waals surface area (Å²) in [5.41, 5.74) is 0.110. The van der Waals surface area contributed by atoms with E-state index in [9.17, 15) is 9.59 Å². The number of hydrogen-bond donors (Lipinski definition) is 0. The van der Waals surface area contributed by atoms with E-state index >= 15 is 0 Å². The van der Waals surface area contributed by atoms with Crippen LogP contribution in [0.3, 0.4) is 0 Å². The molecule has 6 heteroatoms. The minimum absolute atomic E-state index is 0.124. The van der Waals surface area contributed by atoms with Gasteiger partial charge in [-0.3, -0.25) is 0 Å². The zero-order valence-electron chi connectivity index (χ0n) is 16.5. The Morgan fingerprint density at radius 3 is 2.31 bits per heavy atom. The smallest absolute Gasteiger partial charge is 0.342 e. The molecule has 0 aromatic heterocycles. The number of cyclic esters (lactones) is 1. The van der Waals surface area contributed by atoms with Crippen molar-refractivity contribution in [3.8, 4) is 0 Å².